The van der Waals surface area contributed by atoms with Crippen LogP contribution >= 0.6 is 12.4 Å². The zero-order chi connectivity index (χ0) is 12.0. The molecule has 0 aromatic heterocycles. The second kappa shape index (κ2) is 8.26. The molecule has 0 aliphatic heterocycles. The first kappa shape index (κ1) is 17.1. The Hall–Kier alpha value is 0.120. The highest BCUT2D eigenvalue weighted by Gasteiger charge is 2.26. The Morgan fingerprint density at radius 1 is 1.18 bits per heavy atom. The Kier molecular flexibility index (Phi) is 8.32. The number of nitrogens with one attached hydrogen (secondary N) is 2. The lowest BCUT2D eigenvalue weighted by atomic mass is 9.96. The molecule has 0 radical (unpaired) electrons. The van der Waals surface area contributed by atoms with Gasteiger partial charge in [-0.15, -0.1) is 12.4 Å². The van der Waals surface area contributed by atoms with E-state index in [4.69, 9.17) is 0 Å². The molecule has 2 N–H and O–H groups in total. The Morgan fingerprint density at radius 2 is 1.76 bits per heavy atom. The van der Waals surface area contributed by atoms with Gasteiger partial charge in [0.25, 0.3) is 10.2 Å². The zero-order valence-electron chi connectivity index (χ0n) is 10.6. The van der Waals surface area contributed by atoms with Crippen LogP contribution < -0.4 is 10.0 Å². The maximum Gasteiger partial charge on any atom is 0.279 e. The van der Waals surface area contributed by atoms with E-state index >= 15 is 0 Å². The third-order valence-corrected chi connectivity index (χ3v) is 4.75. The van der Waals surface area contributed by atoms with Gasteiger partial charge in [0.1, 0.15) is 0 Å². The van der Waals surface area contributed by atoms with Crippen LogP contribution in [0.2, 0.25) is 0 Å². The molecule has 1 saturated carbocycles. The highest BCUT2D eigenvalue weighted by atomic mass is 35.5. The van der Waals surface area contributed by atoms with Crippen LogP contribution in [0.15, 0.2) is 0 Å². The topological polar surface area (TPSA) is 61.4 Å². The van der Waals surface area contributed by atoms with E-state index in [0.717, 1.165) is 25.7 Å². The van der Waals surface area contributed by atoms with E-state index in [1.165, 1.54) is 10.7 Å². The van der Waals surface area contributed by atoms with Crippen LogP contribution in [0.4, 0.5) is 0 Å². The minimum absolute atomic E-state index is 0. The molecule has 1 aliphatic carbocycles. The lowest BCUT2D eigenvalue weighted by Gasteiger charge is -2.30. The monoisotopic (exact) mass is 285 g/mol. The summed E-state index contributed by atoms with van der Waals surface area (Å²) in [5.41, 5.74) is 0. The predicted octanol–water partition coefficient (Wildman–Crippen LogP) is 0.726. The fraction of sp³-hybridized carbons (Fsp3) is 1.00. The lowest BCUT2D eigenvalue weighted by Crippen LogP contribution is -2.46. The molecular weight excluding hydrogens is 262 g/mol. The van der Waals surface area contributed by atoms with Crippen molar-refractivity contribution in [2.75, 3.05) is 27.2 Å². The van der Waals surface area contributed by atoms with E-state index in [1.54, 1.807) is 14.1 Å². The normalized spacial score (nSPS) is 18.1. The molecule has 0 aromatic carbocycles. The molecule has 0 heterocycles. The summed E-state index contributed by atoms with van der Waals surface area (Å²) in [6, 6.07) is 0.181. The number of rotatable bonds is 6. The first-order valence-electron chi connectivity index (χ1n) is 5.95. The summed E-state index contributed by atoms with van der Waals surface area (Å²) >= 11 is 0. The molecule has 0 unspecified atom stereocenters. The van der Waals surface area contributed by atoms with E-state index in [2.05, 4.69) is 10.0 Å². The molecule has 104 valence electrons. The lowest BCUT2D eigenvalue weighted by molar-refractivity contribution is 0.283. The first-order chi connectivity index (χ1) is 7.58. The zero-order valence-corrected chi connectivity index (χ0v) is 12.2. The Bertz CT molecular complexity index is 292. The van der Waals surface area contributed by atoms with E-state index in [0.29, 0.717) is 13.1 Å². The summed E-state index contributed by atoms with van der Waals surface area (Å²) in [5.74, 6) is 0. The van der Waals surface area contributed by atoms with Crippen molar-refractivity contribution >= 4 is 22.6 Å². The Balaban J connectivity index is 0.00000256. The molecule has 0 bridgehead atoms. The molecule has 1 aliphatic rings. The third-order valence-electron chi connectivity index (χ3n) is 3.13. The van der Waals surface area contributed by atoms with Gasteiger partial charge in [-0.3, -0.25) is 0 Å². The summed E-state index contributed by atoms with van der Waals surface area (Å²) in [6.45, 7) is 1.09. The van der Waals surface area contributed by atoms with Crippen molar-refractivity contribution in [1.82, 2.24) is 14.3 Å². The highest BCUT2D eigenvalue weighted by Crippen LogP contribution is 2.22. The molecule has 0 atom stereocenters. The molecule has 7 heteroatoms. The van der Waals surface area contributed by atoms with Crippen LogP contribution in [0, 0.1) is 0 Å². The van der Waals surface area contributed by atoms with Gasteiger partial charge in [-0.25, -0.2) is 4.72 Å². The fourth-order valence-corrected chi connectivity index (χ4v) is 3.21. The SMILES string of the molecule is CNCCNS(=O)(=O)N(C)C1CCCCC1.Cl. The molecule has 5 nitrogen and oxygen atoms in total. The van der Waals surface area contributed by atoms with E-state index < -0.39 is 10.2 Å². The van der Waals surface area contributed by atoms with Gasteiger partial charge in [0.15, 0.2) is 0 Å². The van der Waals surface area contributed by atoms with Crippen molar-refractivity contribution in [2.45, 2.75) is 38.1 Å². The van der Waals surface area contributed by atoms with Gasteiger partial charge in [0, 0.05) is 26.2 Å². The largest absolute Gasteiger partial charge is 0.318 e. The molecule has 0 aromatic rings. The first-order valence-corrected chi connectivity index (χ1v) is 7.39. The van der Waals surface area contributed by atoms with Gasteiger partial charge in [0.05, 0.1) is 0 Å². The quantitative estimate of drug-likeness (QED) is 0.707. The maximum atomic E-state index is 11.9. The number of likely N-dealkylation sites (N-methyl/N-ethyl adjacent to an activating group) is 1. The molecule has 0 spiro atoms. The van der Waals surface area contributed by atoms with Gasteiger partial charge >= 0.3 is 0 Å². The molecule has 17 heavy (non-hydrogen) atoms. The number of hydrogen-bond acceptors (Lipinski definition) is 3. The number of halogens is 1. The van der Waals surface area contributed by atoms with Crippen LogP contribution in [0.1, 0.15) is 32.1 Å². The van der Waals surface area contributed by atoms with Gasteiger partial charge in [-0.05, 0) is 19.9 Å². The van der Waals surface area contributed by atoms with Crippen molar-refractivity contribution in [3.8, 4) is 0 Å². The van der Waals surface area contributed by atoms with Crippen LogP contribution in [0.3, 0.4) is 0 Å². The Morgan fingerprint density at radius 3 is 2.29 bits per heavy atom. The minimum atomic E-state index is -3.29. The van der Waals surface area contributed by atoms with Gasteiger partial charge in [0.2, 0.25) is 0 Å². The summed E-state index contributed by atoms with van der Waals surface area (Å²) in [4.78, 5) is 0. The van der Waals surface area contributed by atoms with E-state index in [-0.39, 0.29) is 18.4 Å². The molecule has 0 amide bonds. The average molecular weight is 286 g/mol. The van der Waals surface area contributed by atoms with Crippen molar-refractivity contribution < 1.29 is 8.42 Å². The summed E-state index contributed by atoms with van der Waals surface area (Å²) < 4.78 is 27.9. The predicted molar refractivity (Wildman–Crippen MR) is 72.7 cm³/mol. The maximum absolute atomic E-state index is 11.9. The summed E-state index contributed by atoms with van der Waals surface area (Å²) in [5, 5.41) is 2.91. The van der Waals surface area contributed by atoms with Crippen molar-refractivity contribution in [1.29, 1.82) is 0 Å². The Labute approximate surface area is 111 Å². The van der Waals surface area contributed by atoms with Crippen LogP contribution in [0.5, 0.6) is 0 Å². The third kappa shape index (κ3) is 5.52. The molecule has 1 fully saturated rings. The second-order valence-corrected chi connectivity index (χ2v) is 6.13. The van der Waals surface area contributed by atoms with E-state index in [1.807, 2.05) is 0 Å². The van der Waals surface area contributed by atoms with Gasteiger partial charge in [-0.1, -0.05) is 19.3 Å². The highest BCUT2D eigenvalue weighted by molar-refractivity contribution is 7.87. The number of nitrogens with zero attached hydrogens (tertiary/aromatic N) is 1. The van der Waals surface area contributed by atoms with Crippen LogP contribution in [0.25, 0.3) is 0 Å². The van der Waals surface area contributed by atoms with Crippen LogP contribution in [-0.4, -0.2) is 45.9 Å². The number of hydrogen-bond donors (Lipinski definition) is 2. The van der Waals surface area contributed by atoms with Gasteiger partial charge < -0.3 is 5.32 Å². The van der Waals surface area contributed by atoms with Crippen molar-refractivity contribution in [3.63, 3.8) is 0 Å². The van der Waals surface area contributed by atoms with Gasteiger partial charge in [-0.2, -0.15) is 12.7 Å². The molecular formula is C10H24ClN3O2S. The molecule has 0 saturated heterocycles. The summed E-state index contributed by atoms with van der Waals surface area (Å²) in [7, 11) is 0.194. The summed E-state index contributed by atoms with van der Waals surface area (Å²) in [6.07, 6.45) is 5.49. The second-order valence-electron chi connectivity index (χ2n) is 4.31. The smallest absolute Gasteiger partial charge is 0.279 e. The van der Waals surface area contributed by atoms with Crippen LogP contribution in [-0.2, 0) is 10.2 Å². The van der Waals surface area contributed by atoms with Crippen molar-refractivity contribution in [3.05, 3.63) is 0 Å². The fourth-order valence-electron chi connectivity index (χ4n) is 2.05. The van der Waals surface area contributed by atoms with Crippen molar-refractivity contribution in [2.24, 2.45) is 0 Å². The average Bonchev–Trinajstić information content (AvgIpc) is 2.29. The molecule has 1 rings (SSSR count). The van der Waals surface area contributed by atoms with E-state index in [9.17, 15) is 8.42 Å². The standard InChI is InChI=1S/C10H23N3O2S.ClH/c1-11-8-9-12-16(14,15)13(2)10-6-4-3-5-7-10;/h10-12H,3-9H2,1-2H3;1H. The minimum Gasteiger partial charge on any atom is -0.318 e.